The molecule has 50 heavy (non-hydrogen) atoms. The molecular formula is C48H30N2. The normalized spacial score (nSPS) is 12.0. The summed E-state index contributed by atoms with van der Waals surface area (Å²) in [4.78, 5) is 0. The molecule has 2 heteroatoms. The zero-order valence-corrected chi connectivity index (χ0v) is 27.2. The molecule has 0 saturated heterocycles. The average Bonchev–Trinajstić information content (AvgIpc) is 3.72. The fraction of sp³-hybridized carbons (Fsp3) is 0. The summed E-state index contributed by atoms with van der Waals surface area (Å²) < 4.78 is 4.98. The molecule has 0 aliphatic heterocycles. The predicted octanol–water partition coefficient (Wildman–Crippen LogP) is 13.0. The van der Waals surface area contributed by atoms with Crippen LogP contribution in [-0.2, 0) is 0 Å². The highest BCUT2D eigenvalue weighted by Gasteiger charge is 2.21. The molecule has 0 aliphatic rings. The zero-order chi connectivity index (χ0) is 32.8. The molecule has 0 unspecified atom stereocenters. The first kappa shape index (κ1) is 27.3. The van der Waals surface area contributed by atoms with Gasteiger partial charge in [0.1, 0.15) is 0 Å². The van der Waals surface area contributed by atoms with Crippen molar-refractivity contribution in [1.29, 1.82) is 0 Å². The monoisotopic (exact) mass is 634 g/mol. The second kappa shape index (κ2) is 10.4. The highest BCUT2D eigenvalue weighted by Crippen LogP contribution is 2.44. The first-order valence-corrected chi connectivity index (χ1v) is 17.3. The van der Waals surface area contributed by atoms with Crippen molar-refractivity contribution in [2.45, 2.75) is 0 Å². The first-order chi connectivity index (χ1) is 24.8. The molecule has 3 heterocycles. The molecule has 2 nitrogen and oxygen atoms in total. The second-order valence-corrected chi connectivity index (χ2v) is 13.3. The van der Waals surface area contributed by atoms with Crippen LogP contribution in [0.5, 0.6) is 0 Å². The summed E-state index contributed by atoms with van der Waals surface area (Å²) in [5, 5.41) is 12.6. The summed E-state index contributed by atoms with van der Waals surface area (Å²) >= 11 is 0. The predicted molar refractivity (Wildman–Crippen MR) is 214 cm³/mol. The van der Waals surface area contributed by atoms with E-state index in [0.29, 0.717) is 0 Å². The van der Waals surface area contributed by atoms with Gasteiger partial charge in [0.05, 0.1) is 27.6 Å². The summed E-state index contributed by atoms with van der Waals surface area (Å²) in [6, 6.07) is 66.8. The van der Waals surface area contributed by atoms with Gasteiger partial charge in [0.25, 0.3) is 0 Å². The Morgan fingerprint density at radius 1 is 0.260 bits per heavy atom. The third-order valence-corrected chi connectivity index (χ3v) is 10.7. The molecule has 0 atom stereocenters. The van der Waals surface area contributed by atoms with Crippen LogP contribution in [0, 0.1) is 0 Å². The number of rotatable bonds is 2. The van der Waals surface area contributed by atoms with Gasteiger partial charge < -0.3 is 8.97 Å². The number of para-hydroxylation sites is 3. The highest BCUT2D eigenvalue weighted by molar-refractivity contribution is 6.32. The Labute approximate surface area is 288 Å². The van der Waals surface area contributed by atoms with Crippen molar-refractivity contribution in [3.63, 3.8) is 0 Å². The molecule has 0 amide bonds. The molecule has 0 spiro atoms. The van der Waals surface area contributed by atoms with Crippen molar-refractivity contribution >= 4 is 81.4 Å². The molecular weight excluding hydrogens is 605 g/mol. The topological polar surface area (TPSA) is 9.34 Å². The lowest BCUT2D eigenvalue weighted by Crippen LogP contribution is -1.93. The fourth-order valence-corrected chi connectivity index (χ4v) is 8.60. The van der Waals surface area contributed by atoms with Crippen LogP contribution < -0.4 is 0 Å². The van der Waals surface area contributed by atoms with Gasteiger partial charge in [0.15, 0.2) is 0 Å². The zero-order valence-electron chi connectivity index (χ0n) is 27.2. The summed E-state index contributed by atoms with van der Waals surface area (Å²) in [5.74, 6) is 0. The lowest BCUT2D eigenvalue weighted by molar-refractivity contribution is 1.18. The van der Waals surface area contributed by atoms with Crippen LogP contribution in [0.3, 0.4) is 0 Å². The molecule has 0 radical (unpaired) electrons. The molecule has 11 rings (SSSR count). The Bertz CT molecular complexity index is 3180. The Kier molecular flexibility index (Phi) is 5.70. The van der Waals surface area contributed by atoms with E-state index in [1.54, 1.807) is 0 Å². The van der Waals surface area contributed by atoms with Gasteiger partial charge in [-0.3, -0.25) is 0 Å². The van der Waals surface area contributed by atoms with Gasteiger partial charge in [0.2, 0.25) is 0 Å². The minimum atomic E-state index is 1.16. The maximum atomic E-state index is 2.54. The molecule has 0 saturated carbocycles. The van der Waals surface area contributed by atoms with Crippen LogP contribution in [-0.4, -0.2) is 8.97 Å². The number of nitrogens with zero attached hydrogens (tertiary/aromatic N) is 2. The van der Waals surface area contributed by atoms with E-state index in [1.807, 2.05) is 0 Å². The van der Waals surface area contributed by atoms with Crippen LogP contribution >= 0.6 is 0 Å². The van der Waals surface area contributed by atoms with Gasteiger partial charge in [-0.25, -0.2) is 0 Å². The Morgan fingerprint density at radius 3 is 1.46 bits per heavy atom. The van der Waals surface area contributed by atoms with E-state index in [-0.39, 0.29) is 0 Å². The van der Waals surface area contributed by atoms with E-state index >= 15 is 0 Å². The van der Waals surface area contributed by atoms with Gasteiger partial charge in [-0.2, -0.15) is 0 Å². The standard InChI is InChI=1S/C48H30N2/c1-2-13-31(14-3-1)32-25-27-33(28-26-32)49-43-24-11-9-20-40(43)46-44(49)29-30-45-47(46)41-22-12-21-39-37-18-7-5-16-35(37)34-15-4-6-17-36(34)38-19-8-10-23-42(38)50(45)48(39)41/h1-30H. The maximum absolute atomic E-state index is 2.54. The van der Waals surface area contributed by atoms with Gasteiger partial charge >= 0.3 is 0 Å². The van der Waals surface area contributed by atoms with Crippen LogP contribution in [0.2, 0.25) is 0 Å². The molecule has 0 bridgehead atoms. The molecule has 3 aromatic heterocycles. The van der Waals surface area contributed by atoms with Crippen molar-refractivity contribution in [1.82, 2.24) is 8.97 Å². The van der Waals surface area contributed by atoms with Gasteiger partial charge in [-0.1, -0.05) is 146 Å². The molecule has 0 fully saturated rings. The molecule has 232 valence electrons. The van der Waals surface area contributed by atoms with Crippen molar-refractivity contribution in [3.8, 4) is 16.8 Å². The van der Waals surface area contributed by atoms with E-state index < -0.39 is 0 Å². The Morgan fingerprint density at radius 2 is 0.740 bits per heavy atom. The fourth-order valence-electron chi connectivity index (χ4n) is 8.60. The molecule has 0 N–H and O–H groups in total. The Hall–Kier alpha value is -6.64. The first-order valence-electron chi connectivity index (χ1n) is 17.3. The quantitative estimate of drug-likeness (QED) is 0.179. The number of aromatic nitrogens is 2. The van der Waals surface area contributed by atoms with E-state index in [1.165, 1.54) is 92.6 Å². The van der Waals surface area contributed by atoms with Gasteiger partial charge in [-0.15, -0.1) is 0 Å². The van der Waals surface area contributed by atoms with Crippen molar-refractivity contribution in [2.24, 2.45) is 0 Å². The summed E-state index contributed by atoms with van der Waals surface area (Å²) in [6.07, 6.45) is 0. The van der Waals surface area contributed by atoms with E-state index in [2.05, 4.69) is 191 Å². The molecule has 0 aliphatic carbocycles. The number of fused-ring (bicyclic) bond motifs is 14. The van der Waals surface area contributed by atoms with Crippen LogP contribution in [0.25, 0.3) is 98.3 Å². The number of benzene rings is 8. The smallest absolute Gasteiger partial charge is 0.0620 e. The Balaban J connectivity index is 1.36. The summed E-state index contributed by atoms with van der Waals surface area (Å²) in [6.45, 7) is 0. The summed E-state index contributed by atoms with van der Waals surface area (Å²) in [5.41, 5.74) is 9.67. The van der Waals surface area contributed by atoms with E-state index in [4.69, 9.17) is 0 Å². The van der Waals surface area contributed by atoms with Crippen LogP contribution in [0.4, 0.5) is 0 Å². The van der Waals surface area contributed by atoms with Gasteiger partial charge in [-0.05, 0) is 69.1 Å². The third-order valence-electron chi connectivity index (χ3n) is 10.7. The van der Waals surface area contributed by atoms with Crippen molar-refractivity contribution in [2.75, 3.05) is 0 Å². The largest absolute Gasteiger partial charge is 0.309 e. The minimum absolute atomic E-state index is 1.16. The third kappa shape index (κ3) is 3.73. The van der Waals surface area contributed by atoms with E-state index in [0.717, 1.165) is 5.69 Å². The maximum Gasteiger partial charge on any atom is 0.0620 e. The van der Waals surface area contributed by atoms with Crippen LogP contribution in [0.15, 0.2) is 182 Å². The highest BCUT2D eigenvalue weighted by atomic mass is 15.0. The second-order valence-electron chi connectivity index (χ2n) is 13.3. The van der Waals surface area contributed by atoms with Gasteiger partial charge in [0, 0.05) is 38.0 Å². The SMILES string of the molecule is c1ccc(-c2ccc(-n3c4ccccc4c4c5c6cccc7c8ccccc8c8ccccc8c8ccccc8n(c5ccc43)c76)cc2)cc1. The van der Waals surface area contributed by atoms with E-state index in [9.17, 15) is 0 Å². The minimum Gasteiger partial charge on any atom is -0.309 e. The molecule has 8 aromatic carbocycles. The number of hydrogen-bond acceptors (Lipinski definition) is 0. The van der Waals surface area contributed by atoms with Crippen molar-refractivity contribution in [3.05, 3.63) is 182 Å². The molecule has 11 aromatic rings. The van der Waals surface area contributed by atoms with Crippen LogP contribution in [0.1, 0.15) is 0 Å². The summed E-state index contributed by atoms with van der Waals surface area (Å²) in [7, 11) is 0. The lowest BCUT2D eigenvalue weighted by atomic mass is 10.00. The number of hydrogen-bond donors (Lipinski definition) is 0. The average molecular weight is 635 g/mol. The lowest BCUT2D eigenvalue weighted by Gasteiger charge is -2.10. The van der Waals surface area contributed by atoms with Crippen molar-refractivity contribution < 1.29 is 0 Å².